The van der Waals surface area contributed by atoms with Crippen LogP contribution >= 0.6 is 0 Å². The van der Waals surface area contributed by atoms with Crippen LogP contribution in [0.1, 0.15) is 52.9 Å². The molecule has 0 atom stereocenters. The van der Waals surface area contributed by atoms with Gasteiger partial charge in [0.1, 0.15) is 5.69 Å². The van der Waals surface area contributed by atoms with E-state index in [0.717, 1.165) is 42.1 Å². The molecule has 0 spiro atoms. The molecule has 1 aliphatic rings. The predicted octanol–water partition coefficient (Wildman–Crippen LogP) is 3.27. The van der Waals surface area contributed by atoms with E-state index in [-0.39, 0.29) is 11.9 Å². The van der Waals surface area contributed by atoms with Crippen LogP contribution in [0.5, 0.6) is 0 Å². The third kappa shape index (κ3) is 3.18. The Labute approximate surface area is 173 Å². The second-order valence-corrected chi connectivity index (χ2v) is 8.04. The lowest BCUT2D eigenvalue weighted by Gasteiger charge is -2.29. The van der Waals surface area contributed by atoms with Gasteiger partial charge in [-0.15, -0.1) is 5.10 Å². The molecule has 1 amide bonds. The summed E-state index contributed by atoms with van der Waals surface area (Å²) in [5, 5.41) is 13.5. The first kappa shape index (κ1) is 18.6. The number of carbonyl (C=O) groups is 1. The third-order valence-electron chi connectivity index (χ3n) is 6.11. The van der Waals surface area contributed by atoms with Gasteiger partial charge in [-0.25, -0.2) is 4.98 Å². The fourth-order valence-corrected chi connectivity index (χ4v) is 4.36. The van der Waals surface area contributed by atoms with Crippen LogP contribution in [0.2, 0.25) is 0 Å². The Morgan fingerprint density at radius 3 is 2.70 bits per heavy atom. The van der Waals surface area contributed by atoms with Crippen molar-refractivity contribution in [1.82, 2.24) is 34.9 Å². The zero-order valence-corrected chi connectivity index (χ0v) is 17.1. The average Bonchev–Trinajstić information content (AvgIpc) is 3.46. The minimum Gasteiger partial charge on any atom is -0.330 e. The molecule has 3 aromatic heterocycles. The number of hydrogen-bond acceptors (Lipinski definition) is 6. The van der Waals surface area contributed by atoms with Gasteiger partial charge in [-0.1, -0.05) is 12.8 Å². The number of carbonyl (C=O) groups excluding carboxylic acids is 1. The highest BCUT2D eigenvalue weighted by atomic mass is 16.2. The number of tetrazole rings is 1. The monoisotopic (exact) mass is 401 g/mol. The SMILES string of the molecule is Cc1cc2cc(CN(C(=O)c3cnccn3)C3CCCC3)c3nnnn3c2cc1C. The molecule has 4 aromatic rings. The van der Waals surface area contributed by atoms with Gasteiger partial charge in [0.15, 0.2) is 5.65 Å². The van der Waals surface area contributed by atoms with Gasteiger partial charge < -0.3 is 4.90 Å². The molecule has 1 aromatic carbocycles. The molecule has 0 saturated heterocycles. The molecule has 8 heteroatoms. The molecule has 152 valence electrons. The molecule has 30 heavy (non-hydrogen) atoms. The van der Waals surface area contributed by atoms with E-state index in [2.05, 4.69) is 57.5 Å². The summed E-state index contributed by atoms with van der Waals surface area (Å²) < 4.78 is 1.77. The van der Waals surface area contributed by atoms with Crippen molar-refractivity contribution in [2.75, 3.05) is 0 Å². The molecule has 0 N–H and O–H groups in total. The highest BCUT2D eigenvalue weighted by Crippen LogP contribution is 2.29. The van der Waals surface area contributed by atoms with Crippen molar-refractivity contribution in [3.63, 3.8) is 0 Å². The molecule has 1 saturated carbocycles. The summed E-state index contributed by atoms with van der Waals surface area (Å²) in [6, 6.07) is 6.56. The molecule has 0 aliphatic heterocycles. The minimum absolute atomic E-state index is 0.0965. The van der Waals surface area contributed by atoms with Crippen LogP contribution in [0.4, 0.5) is 0 Å². The number of amides is 1. The number of aromatic nitrogens is 6. The van der Waals surface area contributed by atoms with Crippen LogP contribution in [0.25, 0.3) is 16.6 Å². The van der Waals surface area contributed by atoms with Crippen molar-refractivity contribution in [2.24, 2.45) is 0 Å². The van der Waals surface area contributed by atoms with E-state index in [1.54, 1.807) is 16.9 Å². The van der Waals surface area contributed by atoms with Crippen LogP contribution in [0.15, 0.2) is 36.8 Å². The molecule has 5 rings (SSSR count). The van der Waals surface area contributed by atoms with Gasteiger partial charge in [0.25, 0.3) is 5.91 Å². The summed E-state index contributed by atoms with van der Waals surface area (Å²) in [5.41, 5.74) is 5.35. The van der Waals surface area contributed by atoms with Crippen LogP contribution in [-0.2, 0) is 6.54 Å². The highest BCUT2D eigenvalue weighted by Gasteiger charge is 2.29. The van der Waals surface area contributed by atoms with E-state index in [0.29, 0.717) is 17.9 Å². The van der Waals surface area contributed by atoms with E-state index in [4.69, 9.17) is 0 Å². The van der Waals surface area contributed by atoms with Crippen LogP contribution < -0.4 is 0 Å². The Morgan fingerprint density at radius 2 is 1.93 bits per heavy atom. The van der Waals surface area contributed by atoms with Crippen molar-refractivity contribution >= 4 is 22.5 Å². The zero-order valence-electron chi connectivity index (χ0n) is 17.1. The number of pyridine rings is 1. The van der Waals surface area contributed by atoms with E-state index >= 15 is 0 Å². The van der Waals surface area contributed by atoms with Crippen LogP contribution in [0, 0.1) is 13.8 Å². The highest BCUT2D eigenvalue weighted by molar-refractivity contribution is 5.92. The average molecular weight is 401 g/mol. The first-order chi connectivity index (χ1) is 14.6. The molecule has 3 heterocycles. The number of hydrogen-bond donors (Lipinski definition) is 0. The normalized spacial score (nSPS) is 14.6. The van der Waals surface area contributed by atoms with Gasteiger partial charge in [0.05, 0.1) is 18.3 Å². The van der Waals surface area contributed by atoms with Crippen molar-refractivity contribution in [3.05, 3.63) is 59.2 Å². The van der Waals surface area contributed by atoms with Gasteiger partial charge in [-0.2, -0.15) is 4.52 Å². The van der Waals surface area contributed by atoms with Gasteiger partial charge in [0, 0.05) is 29.4 Å². The summed E-state index contributed by atoms with van der Waals surface area (Å²) >= 11 is 0. The third-order valence-corrected chi connectivity index (χ3v) is 6.11. The fraction of sp³-hybridized carbons (Fsp3) is 0.364. The molecule has 0 bridgehead atoms. The van der Waals surface area contributed by atoms with Gasteiger partial charge in [0.2, 0.25) is 0 Å². The topological polar surface area (TPSA) is 89.2 Å². The molecule has 0 radical (unpaired) electrons. The Balaban J connectivity index is 1.61. The van der Waals surface area contributed by atoms with Crippen molar-refractivity contribution < 1.29 is 4.79 Å². The van der Waals surface area contributed by atoms with E-state index in [9.17, 15) is 4.79 Å². The predicted molar refractivity (Wildman–Crippen MR) is 112 cm³/mol. The molecule has 1 fully saturated rings. The van der Waals surface area contributed by atoms with Gasteiger partial charge >= 0.3 is 0 Å². The molecule has 1 aliphatic carbocycles. The number of rotatable bonds is 4. The maximum Gasteiger partial charge on any atom is 0.274 e. The van der Waals surface area contributed by atoms with Crippen molar-refractivity contribution in [2.45, 2.75) is 52.1 Å². The smallest absolute Gasteiger partial charge is 0.274 e. The lowest BCUT2D eigenvalue weighted by molar-refractivity contribution is 0.0658. The standard InChI is InChI=1S/C22H23N7O/c1-14-9-16-11-17(21-25-26-27-29(21)20(16)10-15(14)2)13-28(18-5-3-4-6-18)22(30)19-12-23-7-8-24-19/h7-12,18H,3-6,13H2,1-2H3. The summed E-state index contributed by atoms with van der Waals surface area (Å²) in [7, 11) is 0. The molecule has 0 unspecified atom stereocenters. The van der Waals surface area contributed by atoms with Gasteiger partial charge in [-0.05, 0) is 66.4 Å². The van der Waals surface area contributed by atoms with Crippen molar-refractivity contribution in [1.29, 1.82) is 0 Å². The minimum atomic E-state index is -0.0965. The largest absolute Gasteiger partial charge is 0.330 e. The second-order valence-electron chi connectivity index (χ2n) is 8.04. The first-order valence-corrected chi connectivity index (χ1v) is 10.3. The summed E-state index contributed by atoms with van der Waals surface area (Å²) in [4.78, 5) is 23.6. The quantitative estimate of drug-likeness (QED) is 0.521. The van der Waals surface area contributed by atoms with Crippen molar-refractivity contribution in [3.8, 4) is 0 Å². The van der Waals surface area contributed by atoms with Crippen LogP contribution in [0.3, 0.4) is 0 Å². The number of fused-ring (bicyclic) bond motifs is 3. The van der Waals surface area contributed by atoms with E-state index < -0.39 is 0 Å². The molecular formula is C22H23N7O. The Bertz CT molecular complexity index is 1230. The Hall–Kier alpha value is -3.42. The number of aryl methyl sites for hydroxylation is 2. The van der Waals surface area contributed by atoms with Crippen LogP contribution in [-0.4, -0.2) is 46.9 Å². The fourth-order valence-electron chi connectivity index (χ4n) is 4.36. The van der Waals surface area contributed by atoms with Gasteiger partial charge in [-0.3, -0.25) is 9.78 Å². The lowest BCUT2D eigenvalue weighted by Crippen LogP contribution is -2.39. The van der Waals surface area contributed by atoms with E-state index in [1.165, 1.54) is 17.3 Å². The maximum atomic E-state index is 13.3. The number of benzene rings is 1. The Kier molecular flexibility index (Phi) is 4.61. The van der Waals surface area contributed by atoms with E-state index in [1.807, 2.05) is 4.90 Å². The second kappa shape index (κ2) is 7.44. The maximum absolute atomic E-state index is 13.3. The summed E-state index contributed by atoms with van der Waals surface area (Å²) in [6.45, 7) is 4.62. The molecular weight excluding hydrogens is 378 g/mol. The number of nitrogens with zero attached hydrogens (tertiary/aromatic N) is 7. The first-order valence-electron chi connectivity index (χ1n) is 10.3. The zero-order chi connectivity index (χ0) is 20.7. The molecule has 8 nitrogen and oxygen atoms in total. The lowest BCUT2D eigenvalue weighted by atomic mass is 10.0. The summed E-state index contributed by atoms with van der Waals surface area (Å²) in [6.07, 6.45) is 8.93. The summed E-state index contributed by atoms with van der Waals surface area (Å²) in [5.74, 6) is -0.0965. The Morgan fingerprint density at radius 1 is 1.13 bits per heavy atom.